The van der Waals surface area contributed by atoms with Crippen LogP contribution >= 0.6 is 0 Å². The number of aliphatic hydroxyl groups excluding tert-OH is 1. The van der Waals surface area contributed by atoms with Gasteiger partial charge in [0.05, 0.1) is 6.20 Å². The summed E-state index contributed by atoms with van der Waals surface area (Å²) >= 11 is 0. The third kappa shape index (κ3) is 3.79. The lowest BCUT2D eigenvalue weighted by molar-refractivity contribution is 0.178. The van der Waals surface area contributed by atoms with Crippen LogP contribution in [0.5, 0.6) is 0 Å². The highest BCUT2D eigenvalue weighted by molar-refractivity contribution is 5.42. The lowest BCUT2D eigenvalue weighted by Crippen LogP contribution is -2.35. The molecule has 6 heteroatoms. The summed E-state index contributed by atoms with van der Waals surface area (Å²) < 4.78 is 13.8. The smallest absolute Gasteiger partial charge is 0.224 e. The second-order valence-electron chi connectivity index (χ2n) is 5.29. The quantitative estimate of drug-likeness (QED) is 0.747. The van der Waals surface area contributed by atoms with Gasteiger partial charge >= 0.3 is 0 Å². The van der Waals surface area contributed by atoms with Gasteiger partial charge in [-0.3, -0.25) is 0 Å². The molecule has 0 aliphatic heterocycles. The first-order valence-electron chi connectivity index (χ1n) is 7.38. The van der Waals surface area contributed by atoms with E-state index in [1.165, 1.54) is 6.20 Å². The zero-order valence-electron chi connectivity index (χ0n) is 11.9. The fraction of sp³-hybridized carbons (Fsp3) is 0.714. The number of aliphatic hydroxyl groups is 1. The van der Waals surface area contributed by atoms with Gasteiger partial charge in [-0.25, -0.2) is 9.37 Å². The van der Waals surface area contributed by atoms with Crippen molar-refractivity contribution in [3.63, 3.8) is 0 Å². The van der Waals surface area contributed by atoms with Crippen molar-refractivity contribution in [2.24, 2.45) is 5.92 Å². The molecular weight excluding hydrogens is 259 g/mol. The van der Waals surface area contributed by atoms with E-state index >= 15 is 0 Å². The fourth-order valence-corrected chi connectivity index (χ4v) is 2.58. The Hall–Kier alpha value is -1.43. The van der Waals surface area contributed by atoms with Gasteiger partial charge in [-0.15, -0.1) is 0 Å². The largest absolute Gasteiger partial charge is 0.396 e. The topological polar surface area (TPSA) is 70.1 Å². The van der Waals surface area contributed by atoms with Crippen LogP contribution < -0.4 is 10.6 Å². The molecule has 1 aromatic heterocycles. The van der Waals surface area contributed by atoms with Crippen LogP contribution in [0.15, 0.2) is 6.20 Å². The predicted molar refractivity (Wildman–Crippen MR) is 77.2 cm³/mol. The second-order valence-corrected chi connectivity index (χ2v) is 5.29. The third-order valence-electron chi connectivity index (χ3n) is 3.74. The number of anilines is 2. The molecule has 0 spiro atoms. The minimum Gasteiger partial charge on any atom is -0.396 e. The molecule has 20 heavy (non-hydrogen) atoms. The number of nitrogens with zero attached hydrogens (tertiary/aromatic N) is 2. The molecule has 0 saturated heterocycles. The molecule has 5 nitrogen and oxygen atoms in total. The van der Waals surface area contributed by atoms with Gasteiger partial charge < -0.3 is 15.7 Å². The molecule has 1 aromatic rings. The molecule has 1 saturated carbocycles. The highest BCUT2D eigenvalue weighted by Crippen LogP contribution is 2.27. The predicted octanol–water partition coefficient (Wildman–Crippen LogP) is 2.40. The van der Waals surface area contributed by atoms with E-state index < -0.39 is 5.82 Å². The van der Waals surface area contributed by atoms with Gasteiger partial charge in [0.25, 0.3) is 0 Å². The van der Waals surface area contributed by atoms with Gasteiger partial charge in [0.15, 0.2) is 11.6 Å². The highest BCUT2D eigenvalue weighted by Gasteiger charge is 2.25. The summed E-state index contributed by atoms with van der Waals surface area (Å²) in [5.41, 5.74) is 0. The average molecular weight is 282 g/mol. The summed E-state index contributed by atoms with van der Waals surface area (Å²) in [5, 5.41) is 15.6. The molecular formula is C14H23FN4O. The number of hydrogen-bond donors (Lipinski definition) is 3. The summed E-state index contributed by atoms with van der Waals surface area (Å²) in [6, 6.07) is 0.0807. The summed E-state index contributed by atoms with van der Waals surface area (Å²) in [6.07, 6.45) is 6.28. The van der Waals surface area contributed by atoms with Crippen molar-refractivity contribution in [2.75, 3.05) is 23.8 Å². The number of aromatic nitrogens is 2. The van der Waals surface area contributed by atoms with Crippen molar-refractivity contribution in [3.05, 3.63) is 12.0 Å². The normalized spacial score (nSPS) is 22.6. The first-order valence-corrected chi connectivity index (χ1v) is 7.38. The van der Waals surface area contributed by atoms with Crippen LogP contribution in [-0.2, 0) is 0 Å². The number of hydrogen-bond acceptors (Lipinski definition) is 5. The van der Waals surface area contributed by atoms with Gasteiger partial charge in [0.2, 0.25) is 5.95 Å². The van der Waals surface area contributed by atoms with Crippen molar-refractivity contribution in [2.45, 2.75) is 45.1 Å². The van der Waals surface area contributed by atoms with Gasteiger partial charge in [-0.2, -0.15) is 4.98 Å². The lowest BCUT2D eigenvalue weighted by atomic mass is 9.85. The molecule has 112 valence electrons. The van der Waals surface area contributed by atoms with Crippen LogP contribution in [-0.4, -0.2) is 34.3 Å². The summed E-state index contributed by atoms with van der Waals surface area (Å²) in [7, 11) is 0. The Bertz CT molecular complexity index is 430. The Kier molecular flexibility index (Phi) is 5.52. The SMILES string of the molecule is CCCNc1ncc(F)c(NC2CCCCC2CO)n1. The standard InChI is InChI=1S/C14H23FN4O/c1-2-7-16-14-17-8-11(15)13(19-14)18-12-6-4-3-5-10(12)9-20/h8,10,12,20H,2-7,9H2,1H3,(H2,16,17,18,19). The molecule has 1 aliphatic carbocycles. The van der Waals surface area contributed by atoms with Crippen LogP contribution in [0.25, 0.3) is 0 Å². The Balaban J connectivity index is 2.06. The molecule has 1 heterocycles. The summed E-state index contributed by atoms with van der Waals surface area (Å²) in [5.74, 6) is 0.385. The van der Waals surface area contributed by atoms with E-state index in [9.17, 15) is 9.50 Å². The molecule has 0 radical (unpaired) electrons. The van der Waals surface area contributed by atoms with Gasteiger partial charge in [-0.1, -0.05) is 19.8 Å². The first kappa shape index (κ1) is 15.0. The molecule has 1 fully saturated rings. The Labute approximate surface area is 119 Å². The van der Waals surface area contributed by atoms with Crippen molar-refractivity contribution < 1.29 is 9.50 Å². The maximum Gasteiger partial charge on any atom is 0.224 e. The monoisotopic (exact) mass is 282 g/mol. The second kappa shape index (κ2) is 7.38. The van der Waals surface area contributed by atoms with Crippen LogP contribution in [0.2, 0.25) is 0 Å². The van der Waals surface area contributed by atoms with Crippen molar-refractivity contribution in [3.8, 4) is 0 Å². The summed E-state index contributed by atoms with van der Waals surface area (Å²) in [6.45, 7) is 2.93. The molecule has 0 bridgehead atoms. The lowest BCUT2D eigenvalue weighted by Gasteiger charge is -2.31. The zero-order chi connectivity index (χ0) is 14.4. The van der Waals surface area contributed by atoms with Crippen molar-refractivity contribution >= 4 is 11.8 Å². The Morgan fingerprint density at radius 2 is 2.20 bits per heavy atom. The van der Waals surface area contributed by atoms with E-state index in [-0.39, 0.29) is 24.4 Å². The highest BCUT2D eigenvalue weighted by atomic mass is 19.1. The molecule has 0 amide bonds. The Morgan fingerprint density at radius 3 is 2.95 bits per heavy atom. The van der Waals surface area contributed by atoms with Gasteiger partial charge in [0, 0.05) is 25.1 Å². The van der Waals surface area contributed by atoms with Crippen LogP contribution in [0, 0.1) is 11.7 Å². The third-order valence-corrected chi connectivity index (χ3v) is 3.74. The van der Waals surface area contributed by atoms with E-state index in [0.29, 0.717) is 5.95 Å². The van der Waals surface area contributed by atoms with Crippen LogP contribution in [0.1, 0.15) is 39.0 Å². The van der Waals surface area contributed by atoms with Crippen LogP contribution in [0.4, 0.5) is 16.2 Å². The first-order chi connectivity index (χ1) is 9.74. The van der Waals surface area contributed by atoms with E-state index in [1.807, 2.05) is 6.92 Å². The average Bonchev–Trinajstić information content (AvgIpc) is 2.48. The van der Waals surface area contributed by atoms with Gasteiger partial charge in [-0.05, 0) is 19.3 Å². The van der Waals surface area contributed by atoms with E-state index in [1.54, 1.807) is 0 Å². The maximum atomic E-state index is 13.8. The molecule has 3 N–H and O–H groups in total. The van der Waals surface area contributed by atoms with E-state index in [4.69, 9.17) is 0 Å². The van der Waals surface area contributed by atoms with Crippen LogP contribution in [0.3, 0.4) is 0 Å². The number of nitrogens with one attached hydrogen (secondary N) is 2. The minimum atomic E-state index is -0.450. The van der Waals surface area contributed by atoms with Crippen molar-refractivity contribution in [1.29, 1.82) is 0 Å². The number of rotatable bonds is 6. The molecule has 2 rings (SSSR count). The molecule has 0 aromatic carbocycles. The summed E-state index contributed by atoms with van der Waals surface area (Å²) in [4.78, 5) is 8.10. The fourth-order valence-electron chi connectivity index (χ4n) is 2.58. The number of halogens is 1. The van der Waals surface area contributed by atoms with Crippen molar-refractivity contribution in [1.82, 2.24) is 9.97 Å². The zero-order valence-corrected chi connectivity index (χ0v) is 11.9. The molecule has 2 atom stereocenters. The molecule has 1 aliphatic rings. The maximum absolute atomic E-state index is 13.8. The Morgan fingerprint density at radius 1 is 1.40 bits per heavy atom. The molecule has 2 unspecified atom stereocenters. The van der Waals surface area contributed by atoms with E-state index in [2.05, 4.69) is 20.6 Å². The van der Waals surface area contributed by atoms with E-state index in [0.717, 1.165) is 38.6 Å². The minimum absolute atomic E-state index is 0.0807. The van der Waals surface area contributed by atoms with Gasteiger partial charge in [0.1, 0.15) is 0 Å².